The molecule has 0 saturated carbocycles. The number of rotatable bonds is 5. The SMILES string of the molecule is Cc1ccc(OCC(=O)NN=Cc2cc(Br)c(O)c(Br)c2)cc1C. The predicted octanol–water partition coefficient (Wildman–Crippen LogP) is 4.06. The smallest absolute Gasteiger partial charge is 0.277 e. The van der Waals surface area contributed by atoms with Crippen LogP contribution in [0.4, 0.5) is 0 Å². The largest absolute Gasteiger partial charge is 0.506 e. The maximum Gasteiger partial charge on any atom is 0.277 e. The van der Waals surface area contributed by atoms with Crippen LogP contribution in [0.1, 0.15) is 16.7 Å². The van der Waals surface area contributed by atoms with Gasteiger partial charge in [0.15, 0.2) is 6.61 Å². The predicted molar refractivity (Wildman–Crippen MR) is 101 cm³/mol. The lowest BCUT2D eigenvalue weighted by atomic mass is 10.1. The van der Waals surface area contributed by atoms with Gasteiger partial charge in [-0.2, -0.15) is 5.10 Å². The summed E-state index contributed by atoms with van der Waals surface area (Å²) < 4.78 is 6.49. The molecule has 0 aliphatic heterocycles. The van der Waals surface area contributed by atoms with E-state index in [0.717, 1.165) is 5.56 Å². The summed E-state index contributed by atoms with van der Waals surface area (Å²) in [4.78, 5) is 11.7. The number of ether oxygens (including phenoxy) is 1. The third-order valence-corrected chi connectivity index (χ3v) is 4.50. The Balaban J connectivity index is 1.87. The maximum absolute atomic E-state index is 11.7. The molecular formula is C17H16Br2N2O3. The van der Waals surface area contributed by atoms with Crippen molar-refractivity contribution >= 4 is 44.0 Å². The number of nitrogens with one attached hydrogen (secondary N) is 1. The Hall–Kier alpha value is -1.86. The summed E-state index contributed by atoms with van der Waals surface area (Å²) >= 11 is 6.46. The van der Waals surface area contributed by atoms with Gasteiger partial charge in [-0.25, -0.2) is 5.43 Å². The highest BCUT2D eigenvalue weighted by atomic mass is 79.9. The summed E-state index contributed by atoms with van der Waals surface area (Å²) in [6, 6.07) is 9.02. The van der Waals surface area contributed by atoms with E-state index in [0.29, 0.717) is 20.3 Å². The average Bonchev–Trinajstić information content (AvgIpc) is 2.53. The normalized spacial score (nSPS) is 10.8. The first kappa shape index (κ1) is 18.5. The molecule has 0 bridgehead atoms. The first-order chi connectivity index (χ1) is 11.4. The van der Waals surface area contributed by atoms with Gasteiger partial charge in [0.1, 0.15) is 11.5 Å². The molecule has 0 aliphatic carbocycles. The summed E-state index contributed by atoms with van der Waals surface area (Å²) in [5.41, 5.74) is 5.38. The average molecular weight is 456 g/mol. The molecule has 0 unspecified atom stereocenters. The number of benzene rings is 2. The highest BCUT2D eigenvalue weighted by molar-refractivity contribution is 9.11. The summed E-state index contributed by atoms with van der Waals surface area (Å²) in [6.45, 7) is 3.88. The molecule has 7 heteroatoms. The van der Waals surface area contributed by atoms with Crippen LogP contribution in [0.15, 0.2) is 44.4 Å². The lowest BCUT2D eigenvalue weighted by molar-refractivity contribution is -0.123. The topological polar surface area (TPSA) is 70.9 Å². The molecule has 0 atom stereocenters. The number of amides is 1. The molecule has 5 nitrogen and oxygen atoms in total. The van der Waals surface area contributed by atoms with Gasteiger partial charge in [0.2, 0.25) is 0 Å². The monoisotopic (exact) mass is 454 g/mol. The van der Waals surface area contributed by atoms with Crippen molar-refractivity contribution < 1.29 is 14.6 Å². The van der Waals surface area contributed by atoms with Gasteiger partial charge in [-0.15, -0.1) is 0 Å². The van der Waals surface area contributed by atoms with E-state index >= 15 is 0 Å². The van der Waals surface area contributed by atoms with E-state index in [1.54, 1.807) is 12.1 Å². The van der Waals surface area contributed by atoms with Gasteiger partial charge in [0.25, 0.3) is 5.91 Å². The van der Waals surface area contributed by atoms with Gasteiger partial charge in [-0.3, -0.25) is 4.79 Å². The molecule has 0 aromatic heterocycles. The van der Waals surface area contributed by atoms with Crippen LogP contribution >= 0.6 is 31.9 Å². The fraction of sp³-hybridized carbons (Fsp3) is 0.176. The van der Waals surface area contributed by atoms with Crippen LogP contribution in [-0.2, 0) is 4.79 Å². The number of carbonyl (C=O) groups is 1. The standard InChI is InChI=1S/C17H16Br2N2O3/c1-10-3-4-13(5-11(10)2)24-9-16(22)21-20-8-12-6-14(18)17(23)15(19)7-12/h3-8,23H,9H2,1-2H3,(H,21,22). The second-order valence-corrected chi connectivity index (χ2v) is 6.87. The zero-order valence-corrected chi connectivity index (χ0v) is 16.3. The molecule has 1 amide bonds. The number of aryl methyl sites for hydroxylation is 2. The molecule has 0 heterocycles. The summed E-state index contributed by atoms with van der Waals surface area (Å²) in [5.74, 6) is 0.392. The molecule has 126 valence electrons. The molecule has 0 spiro atoms. The minimum absolute atomic E-state index is 0.109. The van der Waals surface area contributed by atoms with Gasteiger partial charge in [-0.05, 0) is 86.7 Å². The number of phenols is 1. The Morgan fingerprint density at radius 3 is 2.50 bits per heavy atom. The minimum Gasteiger partial charge on any atom is -0.506 e. The number of carbonyl (C=O) groups excluding carboxylic acids is 1. The van der Waals surface area contributed by atoms with Crippen molar-refractivity contribution in [1.29, 1.82) is 0 Å². The quantitative estimate of drug-likeness (QED) is 0.527. The lowest BCUT2D eigenvalue weighted by Gasteiger charge is -2.07. The highest BCUT2D eigenvalue weighted by Crippen LogP contribution is 2.32. The Bertz CT molecular complexity index is 768. The van der Waals surface area contributed by atoms with Gasteiger partial charge < -0.3 is 9.84 Å². The van der Waals surface area contributed by atoms with Gasteiger partial charge in [0.05, 0.1) is 15.2 Å². The Morgan fingerprint density at radius 1 is 1.21 bits per heavy atom. The molecule has 0 radical (unpaired) electrons. The minimum atomic E-state index is -0.360. The number of phenolic OH excluding ortho intramolecular Hbond substituents is 1. The van der Waals surface area contributed by atoms with Gasteiger partial charge in [-0.1, -0.05) is 6.07 Å². The van der Waals surface area contributed by atoms with Crippen LogP contribution in [0.2, 0.25) is 0 Å². The molecule has 2 rings (SSSR count). The Kier molecular flexibility index (Phi) is 6.39. The molecule has 0 fully saturated rings. The maximum atomic E-state index is 11.7. The molecule has 0 saturated heterocycles. The second kappa shape index (κ2) is 8.30. The van der Waals surface area contributed by atoms with Gasteiger partial charge >= 0.3 is 0 Å². The number of hydrazone groups is 1. The fourth-order valence-electron chi connectivity index (χ4n) is 1.82. The first-order valence-corrected chi connectivity index (χ1v) is 8.65. The van der Waals surface area contributed by atoms with E-state index in [-0.39, 0.29) is 18.3 Å². The molecular weight excluding hydrogens is 440 g/mol. The van der Waals surface area contributed by atoms with Crippen molar-refractivity contribution in [3.05, 3.63) is 56.0 Å². The number of aromatic hydroxyl groups is 1. The van der Waals surface area contributed by atoms with Crippen LogP contribution in [0.5, 0.6) is 11.5 Å². The van der Waals surface area contributed by atoms with Crippen LogP contribution in [0, 0.1) is 13.8 Å². The second-order valence-electron chi connectivity index (χ2n) is 5.16. The van der Waals surface area contributed by atoms with E-state index in [9.17, 15) is 9.90 Å². The van der Waals surface area contributed by atoms with Gasteiger partial charge in [0, 0.05) is 0 Å². The zero-order valence-electron chi connectivity index (χ0n) is 13.1. The number of nitrogens with zero attached hydrogens (tertiary/aromatic N) is 1. The summed E-state index contributed by atoms with van der Waals surface area (Å²) in [6.07, 6.45) is 1.48. The Morgan fingerprint density at radius 2 is 1.88 bits per heavy atom. The van der Waals surface area contributed by atoms with Crippen LogP contribution in [-0.4, -0.2) is 23.8 Å². The Labute approximate surface area is 157 Å². The zero-order chi connectivity index (χ0) is 17.7. The van der Waals surface area contributed by atoms with Crippen molar-refractivity contribution in [2.24, 2.45) is 5.10 Å². The first-order valence-electron chi connectivity index (χ1n) is 7.07. The van der Waals surface area contributed by atoms with Crippen LogP contribution in [0.3, 0.4) is 0 Å². The van der Waals surface area contributed by atoms with E-state index in [1.807, 2.05) is 32.0 Å². The van der Waals surface area contributed by atoms with Crippen LogP contribution in [0.25, 0.3) is 0 Å². The van der Waals surface area contributed by atoms with Crippen molar-refractivity contribution in [1.82, 2.24) is 5.43 Å². The van der Waals surface area contributed by atoms with Crippen molar-refractivity contribution in [3.63, 3.8) is 0 Å². The van der Waals surface area contributed by atoms with Crippen molar-refractivity contribution in [3.8, 4) is 11.5 Å². The third-order valence-electron chi connectivity index (χ3n) is 3.29. The van der Waals surface area contributed by atoms with E-state index in [1.165, 1.54) is 11.8 Å². The number of hydrogen-bond donors (Lipinski definition) is 2. The van der Waals surface area contributed by atoms with E-state index in [2.05, 4.69) is 42.4 Å². The molecule has 2 aromatic carbocycles. The number of hydrogen-bond acceptors (Lipinski definition) is 4. The van der Waals surface area contributed by atoms with Crippen LogP contribution < -0.4 is 10.2 Å². The number of halogens is 2. The highest BCUT2D eigenvalue weighted by Gasteiger charge is 2.05. The molecule has 0 aliphatic rings. The molecule has 2 N–H and O–H groups in total. The molecule has 2 aromatic rings. The summed E-state index contributed by atoms with van der Waals surface area (Å²) in [5, 5.41) is 13.5. The van der Waals surface area contributed by atoms with E-state index < -0.39 is 0 Å². The fourth-order valence-corrected chi connectivity index (χ4v) is 3.05. The summed E-state index contributed by atoms with van der Waals surface area (Å²) in [7, 11) is 0. The third kappa shape index (κ3) is 5.07. The van der Waals surface area contributed by atoms with E-state index in [4.69, 9.17) is 4.74 Å². The lowest BCUT2D eigenvalue weighted by Crippen LogP contribution is -2.24. The van der Waals surface area contributed by atoms with Crippen molar-refractivity contribution in [2.75, 3.05) is 6.61 Å². The molecule has 24 heavy (non-hydrogen) atoms. The van der Waals surface area contributed by atoms with Crippen molar-refractivity contribution in [2.45, 2.75) is 13.8 Å².